The van der Waals surface area contributed by atoms with Crippen LogP contribution < -0.4 is 0 Å². The molecule has 9 saturated heterocycles. The van der Waals surface area contributed by atoms with Crippen molar-refractivity contribution in [3.63, 3.8) is 0 Å². The quantitative estimate of drug-likeness (QED) is 0.141. The molecular weight excluding hydrogens is 1710 g/mol. The number of carbonyl (C=O) groups is 12. The Morgan fingerprint density at radius 2 is 0.741 bits per heavy atom. The van der Waals surface area contributed by atoms with Crippen LogP contribution in [0, 0.1) is 143 Å². The lowest BCUT2D eigenvalue weighted by molar-refractivity contribution is -0.172. The van der Waals surface area contributed by atoms with Gasteiger partial charge in [-0.25, -0.2) is 0 Å². The molecule has 21 unspecified atom stereocenters. The van der Waals surface area contributed by atoms with Crippen molar-refractivity contribution >= 4 is 70.5 Å². The van der Waals surface area contributed by atoms with E-state index in [0.717, 1.165) is 178 Å². The lowest BCUT2D eigenvalue weighted by Crippen LogP contribution is -2.63. The van der Waals surface area contributed by atoms with E-state index in [1.165, 1.54) is 43.8 Å². The molecule has 0 aromatic carbocycles. The number of methoxy groups -OCH3 is 2. The number of epoxide rings is 5. The number of ether oxygens (including phenoxy) is 11. The Labute approximate surface area is 792 Å². The minimum Gasteiger partial charge on any atom is -0.469 e. The number of rotatable bonds is 2. The van der Waals surface area contributed by atoms with Gasteiger partial charge in [0.1, 0.15) is 50.6 Å². The van der Waals surface area contributed by atoms with Gasteiger partial charge in [-0.05, 0) is 287 Å². The van der Waals surface area contributed by atoms with Gasteiger partial charge in [0.2, 0.25) is 0 Å². The van der Waals surface area contributed by atoms with Gasteiger partial charge in [-0.3, -0.25) is 57.5 Å². The lowest BCUT2D eigenvalue weighted by atomic mass is 9.43. The maximum atomic E-state index is 13.0. The van der Waals surface area contributed by atoms with Crippen LogP contribution in [0.4, 0.5) is 0 Å². The summed E-state index contributed by atoms with van der Waals surface area (Å²) < 4.78 is 67.5. The van der Waals surface area contributed by atoms with Gasteiger partial charge >= 0.3 is 35.8 Å². The summed E-state index contributed by atoms with van der Waals surface area (Å²) in [6.07, 6.45) is 43.6. The van der Waals surface area contributed by atoms with Crippen LogP contribution in [0.25, 0.3) is 0 Å². The summed E-state index contributed by atoms with van der Waals surface area (Å²) in [5, 5.41) is 0. The van der Waals surface area contributed by atoms with E-state index < -0.39 is 16.8 Å². The molecule has 135 heavy (non-hydrogen) atoms. The molecule has 23 heteroatoms. The Morgan fingerprint density at radius 1 is 0.341 bits per heavy atom. The van der Waals surface area contributed by atoms with E-state index in [2.05, 4.69) is 69.2 Å². The van der Waals surface area contributed by atoms with Gasteiger partial charge in [0.05, 0.1) is 62.7 Å². The average Bonchev–Trinajstić information content (AvgIpc) is 1.45. The lowest BCUT2D eigenvalue weighted by Gasteiger charge is -2.58. The third kappa shape index (κ3) is 10.7. The number of carbonyl (C=O) groups excluding carboxylic acids is 12. The van der Waals surface area contributed by atoms with E-state index in [-0.39, 0.29) is 213 Å². The van der Waals surface area contributed by atoms with Crippen molar-refractivity contribution in [3.8, 4) is 0 Å². The zero-order valence-corrected chi connectivity index (χ0v) is 81.5. The van der Waals surface area contributed by atoms with Crippen molar-refractivity contribution in [2.24, 2.45) is 143 Å². The zero-order valence-electron chi connectivity index (χ0n) is 81.5. The van der Waals surface area contributed by atoms with Gasteiger partial charge in [0.25, 0.3) is 0 Å². The summed E-state index contributed by atoms with van der Waals surface area (Å²) in [5.41, 5.74) is 3.59. The van der Waals surface area contributed by atoms with Gasteiger partial charge in [-0.15, -0.1) is 0 Å². The molecule has 0 radical (unpaired) electrons. The standard InChI is InChI=1S/2C24H30O6.C23H28O4.C22H28O4.C19H24O3/c1-21-7-4-14(25)10-13(21)11-15(20(27)28-3)19-16-5-8-23(9-6-18(26)30-23)22(16,2)12-17-24(19,21)29-17;1-22-7-4-13(25)10-12(22)11-14(21(27)28-3)17-15-5-8-24(9-6-16(26)30-24)23(15,2)20-19(29-20)18(17)22;1-20-6-3-12(24)9-16(20)13-10-14(13)19-15-4-7-22(8-5-18(25)27-22)21(15,2)11-17-23(19,20)26-17;1-19-8-5-14(23)11-13(19)3-4-16-15-6-9-21(10-7-18(24)26-21)20(15,2)12-17-22(16,19)25-17;1-17-10-16-19(22-16)14(13(17)5-6-15(17)21)4-3-11-9-12(20)7-8-18(11,19)2/h10,15-17,19H,4-9,11-12H2,1-3H3;10,14-15,17-20H,4-9,11H2,1-3H3;9,13-15,17,19H,3-8,10-11H2,1-2H3;11,15-17H,3-10,12H2,1-2H3;9,13-14,16H,3-8,10H2,1-2H3/t15-,16?,17-,19?,21?,22?,23-,24-;14-,15?,17?,18?,19+,20+,22+,23-,24-;13?,14?,15?,17-,19?,20?,21?,22-,23-;15?,16?,17-,19?,20?,21-,22+;13?,14?,16-,17?,18?,19+/m11111/s1. The number of Topliss-reactive ketones (excluding diaryl/α,β-unsaturated/α-hetero) is 1. The summed E-state index contributed by atoms with van der Waals surface area (Å²) in [6, 6.07) is 0. The van der Waals surface area contributed by atoms with Gasteiger partial charge in [0.15, 0.2) is 28.9 Å². The van der Waals surface area contributed by atoms with Crippen molar-refractivity contribution in [2.75, 3.05) is 14.2 Å². The topological polar surface area (TPSA) is 323 Å². The molecule has 25 fully saturated rings. The first-order chi connectivity index (χ1) is 64.1. The fourth-order valence-corrected chi connectivity index (χ4v) is 41.5. The van der Waals surface area contributed by atoms with Crippen LogP contribution >= 0.6 is 0 Å². The average molecular weight is 1850 g/mol. The molecule has 726 valence electrons. The highest BCUT2D eigenvalue weighted by molar-refractivity contribution is 5.95. The molecule has 8 spiro atoms. The summed E-state index contributed by atoms with van der Waals surface area (Å²) in [4.78, 5) is 147. The van der Waals surface area contributed by atoms with Crippen molar-refractivity contribution in [2.45, 2.75) is 401 Å². The van der Waals surface area contributed by atoms with E-state index >= 15 is 0 Å². The first-order valence-corrected chi connectivity index (χ1v) is 53.2. The predicted octanol–water partition coefficient (Wildman–Crippen LogP) is 16.6. The Hall–Kier alpha value is -6.66. The van der Waals surface area contributed by atoms with Crippen LogP contribution in [-0.4, -0.2) is 166 Å². The molecular formula is C112H140O23. The van der Waals surface area contributed by atoms with Crippen molar-refractivity contribution < 1.29 is 110 Å². The molecule has 9 aliphatic heterocycles. The third-order valence-corrected chi connectivity index (χ3v) is 48.5. The molecule has 0 N–H and O–H groups in total. The number of esters is 6. The second-order valence-corrected chi connectivity index (χ2v) is 51.9. The van der Waals surface area contributed by atoms with Crippen molar-refractivity contribution in [1.82, 2.24) is 0 Å². The smallest absolute Gasteiger partial charge is 0.309 e. The molecule has 0 aromatic heterocycles. The van der Waals surface area contributed by atoms with E-state index in [1.807, 2.05) is 18.2 Å². The molecule has 0 aromatic rings. The Kier molecular flexibility index (Phi) is 18.2. The monoisotopic (exact) mass is 1850 g/mol. The zero-order chi connectivity index (χ0) is 93.8. The van der Waals surface area contributed by atoms with Crippen LogP contribution in [0.3, 0.4) is 0 Å². The molecule has 30 aliphatic rings. The highest BCUT2D eigenvalue weighted by Gasteiger charge is 2.90. The van der Waals surface area contributed by atoms with Crippen LogP contribution in [0.5, 0.6) is 0 Å². The number of hydrogen-bond acceptors (Lipinski definition) is 23. The van der Waals surface area contributed by atoms with Gasteiger partial charge in [-0.1, -0.05) is 97.1 Å². The number of hydrogen-bond donors (Lipinski definition) is 0. The van der Waals surface area contributed by atoms with E-state index in [4.69, 9.17) is 52.1 Å². The molecule has 0 bridgehead atoms. The highest BCUT2D eigenvalue weighted by Crippen LogP contribution is 2.86. The molecule has 30 rings (SSSR count). The van der Waals surface area contributed by atoms with E-state index in [0.29, 0.717) is 135 Å². The maximum Gasteiger partial charge on any atom is 0.309 e. The SMILES string of the molecule is CC12C[C@H]3O[C@@]34C(C3CC3C3=CC(=O)CCC34C)C1CC[C@@]21CCC(=O)O1.CC12C[C@H]3O[C@@]34C(CCC3=CC(=O)CCC34C)C1CCC2=O.CC12C[C@H]3O[C@@]34C(CCC3=CC(=O)CCC34C)C1CC[C@@]21CCC(=O)O1.COC(=O)[C@@H]1CC2=CC(=O)CCC2(C)[C@@]23O[C@@H]2CC2(C)C(CC[C@@]24CCC(=O)O4)C13.COC(=O)[C@@H]1CC2=CC(=O)CC[C@]2(C)C2C1C1CC[C@@]3(CCC(=O)O3)[C@@]1(C)[C@H]1O[C@@H]21. The van der Waals surface area contributed by atoms with Gasteiger partial charge < -0.3 is 52.1 Å². The normalized spacial score (nSPS) is 56.1. The van der Waals surface area contributed by atoms with E-state index in [1.54, 1.807) is 12.2 Å². The number of ketones is 6. The third-order valence-electron chi connectivity index (χ3n) is 48.5. The van der Waals surface area contributed by atoms with Crippen molar-refractivity contribution in [1.29, 1.82) is 0 Å². The minimum atomic E-state index is -0.459. The Bertz CT molecular complexity index is 5590. The molecule has 23 nitrogen and oxygen atoms in total. The Morgan fingerprint density at radius 3 is 1.27 bits per heavy atom. The summed E-state index contributed by atoms with van der Waals surface area (Å²) in [7, 11) is 2.91. The van der Waals surface area contributed by atoms with Gasteiger partial charge in [0, 0.05) is 125 Å². The molecule has 39 atom stereocenters. The van der Waals surface area contributed by atoms with Crippen LogP contribution in [0.2, 0.25) is 0 Å². The number of fused-ring (bicyclic) bond motifs is 27. The van der Waals surface area contributed by atoms with Crippen LogP contribution in [0.1, 0.15) is 320 Å². The fourth-order valence-electron chi connectivity index (χ4n) is 41.5. The number of allylic oxidation sites excluding steroid dienone is 1. The maximum absolute atomic E-state index is 13.0. The highest BCUT2D eigenvalue weighted by atomic mass is 16.6. The largest absolute Gasteiger partial charge is 0.469 e. The summed E-state index contributed by atoms with van der Waals surface area (Å²) in [5.74, 6) is 5.91. The van der Waals surface area contributed by atoms with Crippen LogP contribution in [0.15, 0.2) is 58.2 Å². The molecule has 21 aliphatic carbocycles. The fraction of sp³-hybridized carbons (Fsp3) is 0.804. The molecule has 9 heterocycles. The molecule has 0 amide bonds. The second kappa shape index (κ2) is 27.8. The summed E-state index contributed by atoms with van der Waals surface area (Å²) in [6.45, 7) is 23.1. The Balaban J connectivity index is 0.0000000881. The first-order valence-electron chi connectivity index (χ1n) is 53.2. The second-order valence-electron chi connectivity index (χ2n) is 51.9. The molecule has 16 saturated carbocycles. The van der Waals surface area contributed by atoms with Crippen LogP contribution in [-0.2, 0) is 110 Å². The first kappa shape index (κ1) is 88.5. The predicted molar refractivity (Wildman–Crippen MR) is 482 cm³/mol. The summed E-state index contributed by atoms with van der Waals surface area (Å²) >= 11 is 0. The van der Waals surface area contributed by atoms with E-state index in [9.17, 15) is 57.5 Å². The minimum absolute atomic E-state index is 0.00124. The van der Waals surface area contributed by atoms with Crippen molar-refractivity contribution in [3.05, 3.63) is 58.2 Å². The van der Waals surface area contributed by atoms with Gasteiger partial charge in [-0.2, -0.15) is 0 Å².